The molecule has 252 valence electrons. The van der Waals surface area contributed by atoms with Crippen LogP contribution in [0.1, 0.15) is 64.5 Å². The highest BCUT2D eigenvalue weighted by atomic mass is 32.2. The first kappa shape index (κ1) is 35.5. The van der Waals surface area contributed by atoms with Crippen LogP contribution in [0.4, 0.5) is 42.5 Å². The van der Waals surface area contributed by atoms with Gasteiger partial charge in [0.05, 0.1) is 16.6 Å². The Morgan fingerprint density at radius 2 is 1.70 bits per heavy atom. The van der Waals surface area contributed by atoms with Crippen LogP contribution in [0.25, 0.3) is 10.9 Å². The molecule has 13 heteroatoms. The van der Waals surface area contributed by atoms with Gasteiger partial charge in [0.15, 0.2) is 0 Å². The van der Waals surface area contributed by atoms with Crippen LogP contribution < -0.4 is 10.2 Å². The summed E-state index contributed by atoms with van der Waals surface area (Å²) in [5, 5.41) is 3.80. The van der Waals surface area contributed by atoms with Crippen molar-refractivity contribution in [2.75, 3.05) is 42.1 Å². The molecule has 1 atom stereocenters. The van der Waals surface area contributed by atoms with Crippen LogP contribution in [0.15, 0.2) is 53.6 Å². The van der Waals surface area contributed by atoms with Gasteiger partial charge in [-0.1, -0.05) is 18.9 Å². The van der Waals surface area contributed by atoms with E-state index in [4.69, 9.17) is 4.74 Å². The van der Waals surface area contributed by atoms with Crippen molar-refractivity contribution in [3.8, 4) is 0 Å². The second-order valence-electron chi connectivity index (χ2n) is 12.4. The van der Waals surface area contributed by atoms with E-state index >= 15 is 0 Å². The van der Waals surface area contributed by atoms with Crippen LogP contribution in [0.3, 0.4) is 0 Å². The predicted octanol–water partition coefficient (Wildman–Crippen LogP) is 9.48. The van der Waals surface area contributed by atoms with Crippen LogP contribution in [0.5, 0.6) is 0 Å². The number of rotatable bonds is 10. The minimum atomic E-state index is -4.54. The molecule has 0 aliphatic carbocycles. The summed E-state index contributed by atoms with van der Waals surface area (Å²) < 4.78 is 86.9. The zero-order chi connectivity index (χ0) is 33.7. The van der Waals surface area contributed by atoms with Gasteiger partial charge in [0.1, 0.15) is 5.60 Å². The lowest BCUT2D eigenvalue weighted by Gasteiger charge is -2.41. The molecule has 1 amide bonds. The molecule has 0 spiro atoms. The van der Waals surface area contributed by atoms with Gasteiger partial charge in [-0.25, -0.2) is 4.79 Å². The molecule has 1 aliphatic rings. The number of fused-ring (bicyclic) bond motifs is 1. The molecule has 1 aromatic heterocycles. The minimum Gasteiger partial charge on any atom is -0.444 e. The second-order valence-corrected chi connectivity index (χ2v) is 13.6. The maximum atomic E-state index is 14.1. The fourth-order valence-corrected chi connectivity index (χ4v) is 6.39. The van der Waals surface area contributed by atoms with E-state index < -0.39 is 35.2 Å². The number of anilines is 2. The molecule has 1 N–H and O–H groups in total. The third-order valence-electron chi connectivity index (χ3n) is 7.59. The molecule has 1 unspecified atom stereocenters. The number of unbranched alkanes of at least 4 members (excludes halogenated alkanes) is 3. The molecular weight excluding hydrogens is 630 g/mol. The van der Waals surface area contributed by atoms with Crippen molar-refractivity contribution >= 4 is 40.1 Å². The lowest BCUT2D eigenvalue weighted by molar-refractivity contribution is -0.138. The normalized spacial score (nSPS) is 16.2. The van der Waals surface area contributed by atoms with E-state index in [9.17, 15) is 31.1 Å². The van der Waals surface area contributed by atoms with Crippen molar-refractivity contribution < 1.29 is 35.9 Å². The number of amides is 1. The first-order valence-corrected chi connectivity index (χ1v) is 16.3. The maximum absolute atomic E-state index is 14.1. The number of ether oxygens (including phenoxy) is 1. The van der Waals surface area contributed by atoms with Crippen molar-refractivity contribution in [3.63, 3.8) is 0 Å². The van der Waals surface area contributed by atoms with Crippen LogP contribution in [0.2, 0.25) is 0 Å². The molecule has 3 aromatic rings. The standard InChI is InChI=1S/C33H40F6N4O2S/c1-22-21-42(16-17-43(22)30(44)45-31(2,3)4)28-12-10-24(20-26(28)33(37,38)39)40-14-7-5-6-8-18-46-29-13-15-41-27-19-23(32(34,35)36)9-11-25(27)29/h9-13,15,19-20,22,40H,5-8,14,16-18,21H2,1-4H3. The average molecular weight is 671 g/mol. The summed E-state index contributed by atoms with van der Waals surface area (Å²) in [4.78, 5) is 20.7. The minimum absolute atomic E-state index is 0.0917. The average Bonchev–Trinajstić information content (AvgIpc) is 2.96. The van der Waals surface area contributed by atoms with Crippen LogP contribution in [-0.2, 0) is 17.1 Å². The first-order chi connectivity index (χ1) is 21.5. The Morgan fingerprint density at radius 3 is 2.37 bits per heavy atom. The Labute approximate surface area is 269 Å². The summed E-state index contributed by atoms with van der Waals surface area (Å²) in [5.41, 5.74) is -1.31. The molecule has 0 radical (unpaired) electrons. The summed E-state index contributed by atoms with van der Waals surface area (Å²) >= 11 is 1.57. The van der Waals surface area contributed by atoms with Gasteiger partial charge in [-0.05, 0) is 82.7 Å². The molecular formula is C33H40F6N4O2S. The first-order valence-electron chi connectivity index (χ1n) is 15.3. The molecule has 1 saturated heterocycles. The second kappa shape index (κ2) is 14.6. The zero-order valence-electron chi connectivity index (χ0n) is 26.4. The number of thioether (sulfide) groups is 1. The fourth-order valence-electron chi connectivity index (χ4n) is 5.34. The van der Waals surface area contributed by atoms with Gasteiger partial charge < -0.3 is 19.9 Å². The fraction of sp³-hybridized carbons (Fsp3) is 0.515. The maximum Gasteiger partial charge on any atom is 0.418 e. The van der Waals surface area contributed by atoms with Crippen molar-refractivity contribution in [2.24, 2.45) is 0 Å². The summed E-state index contributed by atoms with van der Waals surface area (Å²) in [7, 11) is 0. The number of halogens is 6. The molecule has 6 nitrogen and oxygen atoms in total. The third kappa shape index (κ3) is 9.59. The topological polar surface area (TPSA) is 57.7 Å². The number of hydrogen-bond acceptors (Lipinski definition) is 6. The summed E-state index contributed by atoms with van der Waals surface area (Å²) in [6.45, 7) is 8.40. The van der Waals surface area contributed by atoms with Crippen molar-refractivity contribution in [3.05, 3.63) is 59.8 Å². The van der Waals surface area contributed by atoms with E-state index in [2.05, 4.69) is 10.3 Å². The molecule has 0 bridgehead atoms. The van der Waals surface area contributed by atoms with Gasteiger partial charge in [-0.2, -0.15) is 26.3 Å². The van der Waals surface area contributed by atoms with Crippen LogP contribution in [0, 0.1) is 0 Å². The molecule has 2 aromatic carbocycles. The van der Waals surface area contributed by atoms with Crippen molar-refractivity contribution in [2.45, 2.75) is 82.3 Å². The number of aromatic nitrogens is 1. The Hall–Kier alpha value is -3.35. The van der Waals surface area contributed by atoms with Gasteiger partial charge in [0, 0.05) is 60.1 Å². The van der Waals surface area contributed by atoms with Gasteiger partial charge in [0.2, 0.25) is 0 Å². The van der Waals surface area contributed by atoms with E-state index in [0.29, 0.717) is 23.1 Å². The van der Waals surface area contributed by atoms with Gasteiger partial charge in [-0.15, -0.1) is 11.8 Å². The summed E-state index contributed by atoms with van der Waals surface area (Å²) in [6.07, 6.45) is -4.46. The van der Waals surface area contributed by atoms with E-state index in [0.717, 1.165) is 54.5 Å². The van der Waals surface area contributed by atoms with Gasteiger partial charge in [-0.3, -0.25) is 4.98 Å². The number of carbonyl (C=O) groups excluding carboxylic acids is 1. The van der Waals surface area contributed by atoms with E-state index in [1.165, 1.54) is 18.3 Å². The summed E-state index contributed by atoms with van der Waals surface area (Å²) in [5.74, 6) is 0.786. The highest BCUT2D eigenvalue weighted by Crippen LogP contribution is 2.39. The Kier molecular flexibility index (Phi) is 11.3. The van der Waals surface area contributed by atoms with Gasteiger partial charge >= 0.3 is 18.4 Å². The Morgan fingerprint density at radius 1 is 0.957 bits per heavy atom. The predicted molar refractivity (Wildman–Crippen MR) is 170 cm³/mol. The summed E-state index contributed by atoms with van der Waals surface area (Å²) in [6, 6.07) is 9.37. The monoisotopic (exact) mass is 670 g/mol. The lowest BCUT2D eigenvalue weighted by atomic mass is 10.1. The van der Waals surface area contributed by atoms with E-state index in [1.807, 2.05) is 0 Å². The van der Waals surface area contributed by atoms with Crippen molar-refractivity contribution in [1.82, 2.24) is 9.88 Å². The molecule has 0 saturated carbocycles. The number of pyridine rings is 1. The highest BCUT2D eigenvalue weighted by Gasteiger charge is 2.38. The molecule has 46 heavy (non-hydrogen) atoms. The number of hydrogen-bond donors (Lipinski definition) is 1. The zero-order valence-corrected chi connectivity index (χ0v) is 27.2. The Balaban J connectivity index is 1.23. The van der Waals surface area contributed by atoms with Gasteiger partial charge in [0.25, 0.3) is 0 Å². The number of piperazine rings is 1. The molecule has 4 rings (SSSR count). The quantitative estimate of drug-likeness (QED) is 0.132. The molecule has 2 heterocycles. The third-order valence-corrected chi connectivity index (χ3v) is 8.75. The van der Waals surface area contributed by atoms with Crippen molar-refractivity contribution in [1.29, 1.82) is 0 Å². The van der Waals surface area contributed by atoms with E-state index in [-0.39, 0.29) is 31.4 Å². The number of nitrogens with zero attached hydrogens (tertiary/aromatic N) is 3. The Bertz CT molecular complexity index is 1490. The van der Waals surface area contributed by atoms with Crippen LogP contribution >= 0.6 is 11.8 Å². The number of benzene rings is 2. The molecule has 1 aliphatic heterocycles. The number of nitrogens with one attached hydrogen (secondary N) is 1. The number of alkyl halides is 6. The van der Waals surface area contributed by atoms with E-state index in [1.54, 1.807) is 61.4 Å². The largest absolute Gasteiger partial charge is 0.444 e. The highest BCUT2D eigenvalue weighted by molar-refractivity contribution is 7.99. The lowest BCUT2D eigenvalue weighted by Crippen LogP contribution is -2.55. The smallest absolute Gasteiger partial charge is 0.418 e. The SMILES string of the molecule is CC1CN(c2ccc(NCCCCCCSc3ccnc4cc(C(F)(F)F)ccc34)cc2C(F)(F)F)CCN1C(=O)OC(C)(C)C. The molecule has 1 fully saturated rings. The van der Waals surface area contributed by atoms with Crippen LogP contribution in [-0.4, -0.2) is 59.6 Å². The number of carbonyl (C=O) groups is 1.